The summed E-state index contributed by atoms with van der Waals surface area (Å²) in [6, 6.07) is 0. The predicted octanol–water partition coefficient (Wildman–Crippen LogP) is -0.0693. The summed E-state index contributed by atoms with van der Waals surface area (Å²) < 4.78 is 5.02. The summed E-state index contributed by atoms with van der Waals surface area (Å²) >= 11 is 0. The number of rotatable bonds is 5. The highest BCUT2D eigenvalue weighted by molar-refractivity contribution is 4.75. The SMILES string of the molecule is C=C[C@H](C)OC[C@@H](O)CO. The Morgan fingerprint density at radius 2 is 2.30 bits per heavy atom. The summed E-state index contributed by atoms with van der Waals surface area (Å²) in [6.45, 7) is 5.21. The minimum Gasteiger partial charge on any atom is -0.394 e. The Kier molecular flexibility index (Phi) is 5.20. The van der Waals surface area contributed by atoms with Crippen LogP contribution in [0.4, 0.5) is 0 Å². The molecule has 3 heteroatoms. The molecule has 10 heavy (non-hydrogen) atoms. The van der Waals surface area contributed by atoms with Crippen LogP contribution in [0.5, 0.6) is 0 Å². The van der Waals surface area contributed by atoms with Crippen molar-refractivity contribution in [2.75, 3.05) is 13.2 Å². The molecule has 2 atom stereocenters. The van der Waals surface area contributed by atoms with Crippen LogP contribution in [-0.2, 0) is 4.74 Å². The van der Waals surface area contributed by atoms with Crippen molar-refractivity contribution in [1.82, 2.24) is 0 Å². The molecule has 0 radical (unpaired) electrons. The Labute approximate surface area is 60.9 Å². The van der Waals surface area contributed by atoms with Crippen LogP contribution < -0.4 is 0 Å². The van der Waals surface area contributed by atoms with Gasteiger partial charge in [-0.3, -0.25) is 0 Å². The largest absolute Gasteiger partial charge is 0.394 e. The third kappa shape index (κ3) is 4.49. The average Bonchev–Trinajstić information content (AvgIpc) is 1.99. The molecule has 60 valence electrons. The lowest BCUT2D eigenvalue weighted by Gasteiger charge is -2.10. The highest BCUT2D eigenvalue weighted by atomic mass is 16.5. The van der Waals surface area contributed by atoms with Crippen molar-refractivity contribution in [2.45, 2.75) is 19.1 Å². The maximum atomic E-state index is 8.79. The summed E-state index contributed by atoms with van der Waals surface area (Å²) in [5.74, 6) is 0. The molecule has 0 aliphatic rings. The van der Waals surface area contributed by atoms with Gasteiger partial charge in [0.15, 0.2) is 0 Å². The van der Waals surface area contributed by atoms with Crippen molar-refractivity contribution < 1.29 is 14.9 Å². The Balaban J connectivity index is 3.25. The zero-order valence-electron chi connectivity index (χ0n) is 6.16. The molecule has 0 rings (SSSR count). The van der Waals surface area contributed by atoms with Crippen molar-refractivity contribution >= 4 is 0 Å². The minimum absolute atomic E-state index is 0.0683. The van der Waals surface area contributed by atoms with Crippen molar-refractivity contribution in [1.29, 1.82) is 0 Å². The molecule has 0 saturated carbocycles. The second-order valence-corrected chi connectivity index (χ2v) is 2.11. The van der Waals surface area contributed by atoms with Crippen LogP contribution in [-0.4, -0.2) is 35.6 Å². The summed E-state index contributed by atoms with van der Waals surface area (Å²) in [4.78, 5) is 0. The van der Waals surface area contributed by atoms with E-state index in [1.54, 1.807) is 6.08 Å². The first kappa shape index (κ1) is 9.62. The van der Waals surface area contributed by atoms with Gasteiger partial charge in [0.1, 0.15) is 6.10 Å². The van der Waals surface area contributed by atoms with Crippen LogP contribution >= 0.6 is 0 Å². The molecule has 0 spiro atoms. The zero-order valence-corrected chi connectivity index (χ0v) is 6.16. The van der Waals surface area contributed by atoms with Gasteiger partial charge in [0.05, 0.1) is 19.3 Å². The Hall–Kier alpha value is -0.380. The minimum atomic E-state index is -0.776. The van der Waals surface area contributed by atoms with Gasteiger partial charge < -0.3 is 14.9 Å². The predicted molar refractivity (Wildman–Crippen MR) is 38.7 cm³/mol. The molecule has 3 nitrogen and oxygen atoms in total. The molecule has 0 amide bonds. The van der Waals surface area contributed by atoms with Crippen LogP contribution in [0, 0.1) is 0 Å². The first-order chi connectivity index (χ1) is 4.70. The normalized spacial score (nSPS) is 16.3. The van der Waals surface area contributed by atoms with E-state index in [4.69, 9.17) is 14.9 Å². The maximum absolute atomic E-state index is 8.79. The Morgan fingerprint density at radius 1 is 1.70 bits per heavy atom. The lowest BCUT2D eigenvalue weighted by atomic mass is 10.4. The van der Waals surface area contributed by atoms with E-state index >= 15 is 0 Å². The molecule has 0 bridgehead atoms. The Bertz CT molecular complexity index is 92.9. The van der Waals surface area contributed by atoms with Gasteiger partial charge in [-0.25, -0.2) is 0 Å². The Morgan fingerprint density at radius 3 is 2.70 bits per heavy atom. The van der Waals surface area contributed by atoms with E-state index in [0.717, 1.165) is 0 Å². The van der Waals surface area contributed by atoms with Gasteiger partial charge in [-0.1, -0.05) is 6.08 Å². The van der Waals surface area contributed by atoms with Crippen molar-refractivity contribution in [3.8, 4) is 0 Å². The van der Waals surface area contributed by atoms with Gasteiger partial charge in [-0.05, 0) is 6.92 Å². The van der Waals surface area contributed by atoms with Gasteiger partial charge in [0, 0.05) is 0 Å². The number of aliphatic hydroxyl groups excluding tert-OH is 2. The van der Waals surface area contributed by atoms with Gasteiger partial charge in [0.25, 0.3) is 0 Å². The van der Waals surface area contributed by atoms with Gasteiger partial charge in [0.2, 0.25) is 0 Å². The first-order valence-electron chi connectivity index (χ1n) is 3.23. The molecule has 2 N–H and O–H groups in total. The van der Waals surface area contributed by atoms with Crippen LogP contribution in [0.25, 0.3) is 0 Å². The van der Waals surface area contributed by atoms with E-state index in [2.05, 4.69) is 6.58 Å². The molecular weight excluding hydrogens is 132 g/mol. The molecule has 0 aliphatic carbocycles. The molecule has 0 aliphatic heterocycles. The molecule has 0 heterocycles. The fourth-order valence-corrected chi connectivity index (χ4v) is 0.384. The van der Waals surface area contributed by atoms with Crippen LogP contribution in [0.3, 0.4) is 0 Å². The van der Waals surface area contributed by atoms with Gasteiger partial charge in [-0.2, -0.15) is 0 Å². The molecule has 0 fully saturated rings. The zero-order chi connectivity index (χ0) is 7.98. The first-order valence-corrected chi connectivity index (χ1v) is 3.23. The van der Waals surface area contributed by atoms with Crippen molar-refractivity contribution in [2.24, 2.45) is 0 Å². The molecule has 0 saturated heterocycles. The fourth-order valence-electron chi connectivity index (χ4n) is 0.384. The molecule has 0 aromatic rings. The van der Waals surface area contributed by atoms with E-state index in [1.165, 1.54) is 0 Å². The topological polar surface area (TPSA) is 49.7 Å². The number of ether oxygens (including phenoxy) is 1. The highest BCUT2D eigenvalue weighted by Gasteiger charge is 2.02. The van der Waals surface area contributed by atoms with E-state index in [9.17, 15) is 0 Å². The number of aliphatic hydroxyl groups is 2. The maximum Gasteiger partial charge on any atom is 0.100 e. The number of hydrogen-bond acceptors (Lipinski definition) is 3. The van der Waals surface area contributed by atoms with Gasteiger partial charge >= 0.3 is 0 Å². The number of hydrogen-bond donors (Lipinski definition) is 2. The molecule has 0 aromatic carbocycles. The lowest BCUT2D eigenvalue weighted by Crippen LogP contribution is -2.21. The fraction of sp³-hybridized carbons (Fsp3) is 0.714. The summed E-state index contributed by atoms with van der Waals surface area (Å²) in [6.07, 6.45) is 0.785. The van der Waals surface area contributed by atoms with Gasteiger partial charge in [-0.15, -0.1) is 6.58 Å². The summed E-state index contributed by atoms with van der Waals surface area (Å²) in [5, 5.41) is 17.2. The quantitative estimate of drug-likeness (QED) is 0.534. The van der Waals surface area contributed by atoms with Crippen LogP contribution in [0.1, 0.15) is 6.92 Å². The third-order valence-corrected chi connectivity index (χ3v) is 1.09. The van der Waals surface area contributed by atoms with Crippen molar-refractivity contribution in [3.05, 3.63) is 12.7 Å². The van der Waals surface area contributed by atoms with E-state index in [1.807, 2.05) is 6.92 Å². The monoisotopic (exact) mass is 146 g/mol. The van der Waals surface area contributed by atoms with E-state index in [-0.39, 0.29) is 19.3 Å². The lowest BCUT2D eigenvalue weighted by molar-refractivity contribution is -0.00863. The highest BCUT2D eigenvalue weighted by Crippen LogP contribution is 1.92. The summed E-state index contributed by atoms with van der Waals surface area (Å²) in [5.41, 5.74) is 0. The smallest absolute Gasteiger partial charge is 0.100 e. The standard InChI is InChI=1S/C7H14O3/c1-3-6(2)10-5-7(9)4-8/h3,6-9H,1,4-5H2,2H3/t6-,7-/m0/s1. The van der Waals surface area contributed by atoms with Crippen LogP contribution in [0.2, 0.25) is 0 Å². The molecular formula is C7H14O3. The van der Waals surface area contributed by atoms with E-state index < -0.39 is 6.10 Å². The second kappa shape index (κ2) is 5.41. The summed E-state index contributed by atoms with van der Waals surface area (Å²) in [7, 11) is 0. The van der Waals surface area contributed by atoms with E-state index in [0.29, 0.717) is 0 Å². The molecule has 0 aromatic heterocycles. The van der Waals surface area contributed by atoms with Crippen LogP contribution in [0.15, 0.2) is 12.7 Å². The third-order valence-electron chi connectivity index (χ3n) is 1.09. The second-order valence-electron chi connectivity index (χ2n) is 2.11. The van der Waals surface area contributed by atoms with Crippen molar-refractivity contribution in [3.63, 3.8) is 0 Å². The molecule has 0 unspecified atom stereocenters. The average molecular weight is 146 g/mol.